The first-order valence-electron chi connectivity index (χ1n) is 6.64. The maximum Gasteiger partial charge on any atom is 0.261 e. The van der Waals surface area contributed by atoms with E-state index in [0.29, 0.717) is 5.69 Å². The molecule has 21 heavy (non-hydrogen) atoms. The minimum Gasteiger partial charge on any atom is -0.313 e. The number of sulfonamides is 1. The van der Waals surface area contributed by atoms with Crippen LogP contribution in [0.15, 0.2) is 47.6 Å². The number of rotatable bonds is 5. The first-order valence-corrected chi connectivity index (χ1v) is 8.13. The first-order chi connectivity index (χ1) is 9.94. The van der Waals surface area contributed by atoms with E-state index < -0.39 is 10.0 Å². The van der Waals surface area contributed by atoms with Gasteiger partial charge in [0.1, 0.15) is 0 Å². The largest absolute Gasteiger partial charge is 0.313 e. The van der Waals surface area contributed by atoms with Crippen molar-refractivity contribution < 1.29 is 8.42 Å². The molecule has 1 heterocycles. The van der Waals surface area contributed by atoms with Gasteiger partial charge in [-0.25, -0.2) is 8.42 Å². The lowest BCUT2D eigenvalue weighted by atomic mass is 10.1. The van der Waals surface area contributed by atoms with Crippen molar-refractivity contribution in [2.45, 2.75) is 24.8 Å². The SMILES string of the molecule is CNC(C)c1cccc(S(=O)(=O)Nc2ccncc2C)c1. The van der Waals surface area contributed by atoms with Crippen LogP contribution < -0.4 is 10.0 Å². The Balaban J connectivity index is 2.34. The number of nitrogens with one attached hydrogen (secondary N) is 2. The molecule has 0 aliphatic rings. The molecule has 0 radical (unpaired) electrons. The molecule has 1 aromatic carbocycles. The third-order valence-corrected chi connectivity index (χ3v) is 4.73. The van der Waals surface area contributed by atoms with E-state index in [1.807, 2.05) is 27.0 Å². The van der Waals surface area contributed by atoms with Crippen molar-refractivity contribution in [3.63, 3.8) is 0 Å². The molecule has 0 saturated heterocycles. The van der Waals surface area contributed by atoms with Crippen molar-refractivity contribution in [3.8, 4) is 0 Å². The Kier molecular flexibility index (Phi) is 4.59. The van der Waals surface area contributed by atoms with E-state index in [4.69, 9.17) is 0 Å². The molecule has 0 spiro atoms. The molecule has 1 atom stereocenters. The fourth-order valence-electron chi connectivity index (χ4n) is 1.91. The zero-order valence-corrected chi connectivity index (χ0v) is 13.1. The predicted molar refractivity (Wildman–Crippen MR) is 83.7 cm³/mol. The first kappa shape index (κ1) is 15.5. The highest BCUT2D eigenvalue weighted by atomic mass is 32.2. The quantitative estimate of drug-likeness (QED) is 0.890. The summed E-state index contributed by atoms with van der Waals surface area (Å²) in [6, 6.07) is 8.65. The number of aromatic nitrogens is 1. The van der Waals surface area contributed by atoms with E-state index in [9.17, 15) is 8.42 Å². The van der Waals surface area contributed by atoms with E-state index in [1.54, 1.807) is 36.7 Å². The third-order valence-electron chi connectivity index (χ3n) is 3.37. The summed E-state index contributed by atoms with van der Waals surface area (Å²) in [6.07, 6.45) is 3.18. The van der Waals surface area contributed by atoms with Gasteiger partial charge in [-0.05, 0) is 50.2 Å². The lowest BCUT2D eigenvalue weighted by Gasteiger charge is -2.14. The monoisotopic (exact) mass is 305 g/mol. The Morgan fingerprint density at radius 1 is 1.24 bits per heavy atom. The van der Waals surface area contributed by atoms with E-state index in [1.165, 1.54) is 0 Å². The lowest BCUT2D eigenvalue weighted by molar-refractivity contribution is 0.600. The van der Waals surface area contributed by atoms with Crippen LogP contribution in [0.4, 0.5) is 5.69 Å². The summed E-state index contributed by atoms with van der Waals surface area (Å²) in [7, 11) is -1.77. The molecular weight excluding hydrogens is 286 g/mol. The van der Waals surface area contributed by atoms with Gasteiger partial charge in [-0.2, -0.15) is 0 Å². The molecule has 2 N–H and O–H groups in total. The Bertz CT molecular complexity index is 729. The van der Waals surface area contributed by atoms with Crippen LogP contribution in [-0.4, -0.2) is 20.4 Å². The molecular formula is C15H19N3O2S. The topological polar surface area (TPSA) is 71.1 Å². The zero-order valence-electron chi connectivity index (χ0n) is 12.3. The second-order valence-electron chi connectivity index (χ2n) is 4.88. The molecule has 1 unspecified atom stereocenters. The fourth-order valence-corrected chi connectivity index (χ4v) is 3.09. The lowest BCUT2D eigenvalue weighted by Crippen LogP contribution is -2.16. The number of hydrogen-bond donors (Lipinski definition) is 2. The Labute approximate surface area is 125 Å². The minimum absolute atomic E-state index is 0.0859. The predicted octanol–water partition coefficient (Wildman–Crippen LogP) is 2.47. The molecule has 1 aromatic heterocycles. The van der Waals surface area contributed by atoms with Crippen molar-refractivity contribution in [2.75, 3.05) is 11.8 Å². The van der Waals surface area contributed by atoms with Gasteiger partial charge in [-0.1, -0.05) is 12.1 Å². The summed E-state index contributed by atoms with van der Waals surface area (Å²) >= 11 is 0. The number of aryl methyl sites for hydroxylation is 1. The van der Waals surface area contributed by atoms with Gasteiger partial charge in [0, 0.05) is 18.4 Å². The second-order valence-corrected chi connectivity index (χ2v) is 6.56. The smallest absolute Gasteiger partial charge is 0.261 e. The van der Waals surface area contributed by atoms with Crippen LogP contribution in [0.5, 0.6) is 0 Å². The van der Waals surface area contributed by atoms with Gasteiger partial charge in [0.25, 0.3) is 10.0 Å². The van der Waals surface area contributed by atoms with E-state index in [-0.39, 0.29) is 10.9 Å². The third kappa shape index (κ3) is 3.59. The van der Waals surface area contributed by atoms with Gasteiger partial charge in [-0.15, -0.1) is 0 Å². The summed E-state index contributed by atoms with van der Waals surface area (Å²) in [4.78, 5) is 4.20. The van der Waals surface area contributed by atoms with Crippen LogP contribution >= 0.6 is 0 Å². The fraction of sp³-hybridized carbons (Fsp3) is 0.267. The van der Waals surface area contributed by atoms with E-state index >= 15 is 0 Å². The van der Waals surface area contributed by atoms with Gasteiger partial charge >= 0.3 is 0 Å². The summed E-state index contributed by atoms with van der Waals surface area (Å²) in [5, 5.41) is 3.10. The Morgan fingerprint density at radius 2 is 2.00 bits per heavy atom. The van der Waals surface area contributed by atoms with E-state index in [0.717, 1.165) is 11.1 Å². The summed E-state index contributed by atoms with van der Waals surface area (Å²) < 4.78 is 27.5. The minimum atomic E-state index is -3.61. The van der Waals surface area contributed by atoms with Crippen LogP contribution in [-0.2, 0) is 10.0 Å². The zero-order chi connectivity index (χ0) is 15.5. The molecule has 112 valence electrons. The molecule has 0 fully saturated rings. The summed E-state index contributed by atoms with van der Waals surface area (Å²) in [5.41, 5.74) is 2.24. The summed E-state index contributed by atoms with van der Waals surface area (Å²) in [6.45, 7) is 3.79. The molecule has 2 aromatic rings. The number of benzene rings is 1. The molecule has 0 aliphatic heterocycles. The van der Waals surface area contributed by atoms with Crippen molar-refractivity contribution >= 4 is 15.7 Å². The van der Waals surface area contributed by atoms with Crippen LogP contribution in [0.3, 0.4) is 0 Å². The number of hydrogen-bond acceptors (Lipinski definition) is 4. The maximum atomic E-state index is 12.5. The normalized spacial score (nSPS) is 12.9. The molecule has 0 aliphatic carbocycles. The van der Waals surface area contributed by atoms with Gasteiger partial charge in [0.05, 0.1) is 10.6 Å². The number of pyridine rings is 1. The Morgan fingerprint density at radius 3 is 2.67 bits per heavy atom. The van der Waals surface area contributed by atoms with Crippen molar-refractivity contribution in [3.05, 3.63) is 53.9 Å². The van der Waals surface area contributed by atoms with E-state index in [2.05, 4.69) is 15.0 Å². The molecule has 6 heteroatoms. The maximum absolute atomic E-state index is 12.5. The van der Waals surface area contributed by atoms with Crippen LogP contribution in [0.2, 0.25) is 0 Å². The Hall–Kier alpha value is -1.92. The van der Waals surface area contributed by atoms with Crippen LogP contribution in [0.25, 0.3) is 0 Å². The van der Waals surface area contributed by atoms with Crippen LogP contribution in [0, 0.1) is 6.92 Å². The van der Waals surface area contributed by atoms with Crippen molar-refractivity contribution in [2.24, 2.45) is 0 Å². The highest BCUT2D eigenvalue weighted by Gasteiger charge is 2.16. The highest BCUT2D eigenvalue weighted by molar-refractivity contribution is 7.92. The molecule has 5 nitrogen and oxygen atoms in total. The van der Waals surface area contributed by atoms with Crippen molar-refractivity contribution in [1.29, 1.82) is 0 Å². The molecule has 0 saturated carbocycles. The molecule has 2 rings (SSSR count). The van der Waals surface area contributed by atoms with Crippen LogP contribution in [0.1, 0.15) is 24.1 Å². The standard InChI is InChI=1S/C15H19N3O2S/c1-11-10-17-8-7-15(11)18-21(19,20)14-6-4-5-13(9-14)12(2)16-3/h4-10,12,16H,1-3H3,(H,17,18). The van der Waals surface area contributed by atoms with Gasteiger partial charge in [-0.3, -0.25) is 9.71 Å². The molecule has 0 amide bonds. The van der Waals surface area contributed by atoms with Gasteiger partial charge < -0.3 is 5.32 Å². The molecule has 0 bridgehead atoms. The van der Waals surface area contributed by atoms with Gasteiger partial charge in [0.2, 0.25) is 0 Å². The summed E-state index contributed by atoms with van der Waals surface area (Å²) in [5.74, 6) is 0. The van der Waals surface area contributed by atoms with Crippen molar-refractivity contribution in [1.82, 2.24) is 10.3 Å². The number of nitrogens with zero attached hydrogens (tertiary/aromatic N) is 1. The average Bonchev–Trinajstić information content (AvgIpc) is 2.49. The highest BCUT2D eigenvalue weighted by Crippen LogP contribution is 2.21. The number of anilines is 1. The second kappa shape index (κ2) is 6.24. The van der Waals surface area contributed by atoms with Gasteiger partial charge in [0.15, 0.2) is 0 Å². The average molecular weight is 305 g/mol.